The molecule has 0 aliphatic carbocycles. The molecule has 1 unspecified atom stereocenters. The molecule has 18 heavy (non-hydrogen) atoms. The summed E-state index contributed by atoms with van der Waals surface area (Å²) < 4.78 is 0.705. The molecule has 0 saturated carbocycles. The van der Waals surface area contributed by atoms with E-state index in [0.29, 0.717) is 21.6 Å². The molecule has 0 aliphatic heterocycles. The summed E-state index contributed by atoms with van der Waals surface area (Å²) in [7, 11) is 0. The maximum Gasteiger partial charge on any atom is 0.253 e. The van der Waals surface area contributed by atoms with Gasteiger partial charge >= 0.3 is 0 Å². The fraction of sp³-hybridized carbons (Fsp3) is 0.462. The predicted molar refractivity (Wildman–Crippen MR) is 78.9 cm³/mol. The van der Waals surface area contributed by atoms with E-state index in [4.69, 9.17) is 17.3 Å². The molecule has 1 rings (SSSR count). The first-order chi connectivity index (χ1) is 8.27. The fourth-order valence-corrected chi connectivity index (χ4v) is 2.12. The highest BCUT2D eigenvalue weighted by atomic mass is 79.9. The van der Waals surface area contributed by atoms with Gasteiger partial charge in [-0.25, -0.2) is 0 Å². The van der Waals surface area contributed by atoms with Gasteiger partial charge in [0.2, 0.25) is 0 Å². The predicted octanol–water partition coefficient (Wildman–Crippen LogP) is 3.21. The van der Waals surface area contributed by atoms with Crippen LogP contribution in [0.15, 0.2) is 22.7 Å². The Bertz CT molecular complexity index is 443. The van der Waals surface area contributed by atoms with Gasteiger partial charge in [0.25, 0.3) is 5.91 Å². The monoisotopic (exact) mass is 332 g/mol. The van der Waals surface area contributed by atoms with Crippen LogP contribution in [0.2, 0.25) is 5.02 Å². The second-order valence-corrected chi connectivity index (χ2v) is 6.46. The Morgan fingerprint density at radius 3 is 2.61 bits per heavy atom. The van der Waals surface area contributed by atoms with Crippen molar-refractivity contribution >= 4 is 33.4 Å². The number of carbonyl (C=O) groups excluding carboxylic acids is 1. The molecule has 0 bridgehead atoms. The summed E-state index contributed by atoms with van der Waals surface area (Å²) in [5.74, 6) is -0.202. The Labute approximate surface area is 121 Å². The van der Waals surface area contributed by atoms with Crippen molar-refractivity contribution in [2.24, 2.45) is 11.1 Å². The van der Waals surface area contributed by atoms with E-state index < -0.39 is 0 Å². The Morgan fingerprint density at radius 1 is 1.50 bits per heavy atom. The maximum atomic E-state index is 12.2. The molecule has 0 heterocycles. The van der Waals surface area contributed by atoms with Gasteiger partial charge in [-0.3, -0.25) is 4.79 Å². The molecule has 3 N–H and O–H groups in total. The Morgan fingerprint density at radius 2 is 2.11 bits per heavy atom. The number of amides is 1. The van der Waals surface area contributed by atoms with E-state index in [0.717, 1.165) is 0 Å². The first kappa shape index (κ1) is 15.5. The minimum absolute atomic E-state index is 0.0943. The first-order valence-electron chi connectivity index (χ1n) is 5.72. The topological polar surface area (TPSA) is 55.1 Å². The summed E-state index contributed by atoms with van der Waals surface area (Å²) in [5.41, 5.74) is 6.05. The molecule has 5 heteroatoms. The standard InChI is InChI=1S/C13H18BrClN2O/c1-13(2,3)10(7-16)17-12(18)8-5-4-6-9(14)11(8)15/h4-6,10H,7,16H2,1-3H3,(H,17,18). The molecule has 1 atom stereocenters. The third-order valence-corrected chi connectivity index (χ3v) is 4.08. The van der Waals surface area contributed by atoms with Gasteiger partial charge in [-0.1, -0.05) is 38.4 Å². The van der Waals surface area contributed by atoms with Crippen LogP contribution >= 0.6 is 27.5 Å². The lowest BCUT2D eigenvalue weighted by molar-refractivity contribution is 0.0905. The van der Waals surface area contributed by atoms with Gasteiger partial charge in [0, 0.05) is 17.1 Å². The van der Waals surface area contributed by atoms with Crippen LogP contribution < -0.4 is 11.1 Å². The number of nitrogens with one attached hydrogen (secondary N) is 1. The molecular weight excluding hydrogens is 316 g/mol. The normalized spacial score (nSPS) is 13.2. The van der Waals surface area contributed by atoms with Crippen molar-refractivity contribution in [3.8, 4) is 0 Å². The smallest absolute Gasteiger partial charge is 0.253 e. The number of carbonyl (C=O) groups is 1. The van der Waals surface area contributed by atoms with Crippen LogP contribution in [-0.2, 0) is 0 Å². The van der Waals surface area contributed by atoms with Crippen molar-refractivity contribution in [3.05, 3.63) is 33.3 Å². The molecule has 0 aliphatic rings. The number of hydrogen-bond acceptors (Lipinski definition) is 2. The summed E-state index contributed by atoms with van der Waals surface area (Å²) in [6.45, 7) is 6.49. The third-order valence-electron chi connectivity index (χ3n) is 2.78. The minimum atomic E-state index is -0.202. The SMILES string of the molecule is CC(C)(C)C(CN)NC(=O)c1cccc(Br)c1Cl. The first-order valence-corrected chi connectivity index (χ1v) is 6.89. The van der Waals surface area contributed by atoms with Crippen LogP contribution in [0.1, 0.15) is 31.1 Å². The van der Waals surface area contributed by atoms with Crippen LogP contribution in [0.3, 0.4) is 0 Å². The van der Waals surface area contributed by atoms with Crippen LogP contribution in [0.4, 0.5) is 0 Å². The highest BCUT2D eigenvalue weighted by molar-refractivity contribution is 9.10. The minimum Gasteiger partial charge on any atom is -0.347 e. The van der Waals surface area contributed by atoms with E-state index in [-0.39, 0.29) is 17.4 Å². The summed E-state index contributed by atoms with van der Waals surface area (Å²) in [4.78, 5) is 12.2. The zero-order valence-electron chi connectivity index (χ0n) is 10.8. The zero-order valence-corrected chi connectivity index (χ0v) is 13.1. The van der Waals surface area contributed by atoms with E-state index in [1.54, 1.807) is 18.2 Å². The van der Waals surface area contributed by atoms with E-state index >= 15 is 0 Å². The molecule has 1 aromatic rings. The van der Waals surface area contributed by atoms with Gasteiger partial charge in [0.15, 0.2) is 0 Å². The van der Waals surface area contributed by atoms with Gasteiger partial charge in [-0.2, -0.15) is 0 Å². The average Bonchev–Trinajstić information content (AvgIpc) is 2.27. The van der Waals surface area contributed by atoms with Crippen molar-refractivity contribution in [2.45, 2.75) is 26.8 Å². The molecule has 1 amide bonds. The van der Waals surface area contributed by atoms with Crippen molar-refractivity contribution < 1.29 is 4.79 Å². The van der Waals surface area contributed by atoms with Gasteiger partial charge < -0.3 is 11.1 Å². The molecule has 100 valence electrons. The maximum absolute atomic E-state index is 12.2. The quantitative estimate of drug-likeness (QED) is 0.892. The summed E-state index contributed by atoms with van der Waals surface area (Å²) in [6.07, 6.45) is 0. The second kappa shape index (κ2) is 6.04. The average molecular weight is 334 g/mol. The lowest BCUT2D eigenvalue weighted by Crippen LogP contribution is -2.48. The molecule has 1 aromatic carbocycles. The molecular formula is C13H18BrClN2O. The van der Waals surface area contributed by atoms with Gasteiger partial charge in [0.05, 0.1) is 10.6 Å². The van der Waals surface area contributed by atoms with Gasteiger partial charge in [-0.15, -0.1) is 0 Å². The molecule has 0 fully saturated rings. The van der Waals surface area contributed by atoms with E-state index in [1.165, 1.54) is 0 Å². The highest BCUT2D eigenvalue weighted by Gasteiger charge is 2.26. The van der Waals surface area contributed by atoms with Crippen LogP contribution in [0.25, 0.3) is 0 Å². The number of hydrogen-bond donors (Lipinski definition) is 2. The Kier molecular flexibility index (Phi) is 5.20. The second-order valence-electron chi connectivity index (χ2n) is 5.23. The summed E-state index contributed by atoms with van der Waals surface area (Å²) >= 11 is 9.39. The van der Waals surface area contributed by atoms with E-state index in [2.05, 4.69) is 21.2 Å². The number of rotatable bonds is 3. The third kappa shape index (κ3) is 3.70. The van der Waals surface area contributed by atoms with Crippen LogP contribution in [0.5, 0.6) is 0 Å². The van der Waals surface area contributed by atoms with E-state index in [1.807, 2.05) is 20.8 Å². The number of nitrogens with two attached hydrogens (primary N) is 1. The van der Waals surface area contributed by atoms with Crippen LogP contribution in [0, 0.1) is 5.41 Å². The zero-order chi connectivity index (χ0) is 13.9. The molecule has 0 radical (unpaired) electrons. The number of benzene rings is 1. The Hall–Kier alpha value is -0.580. The van der Waals surface area contributed by atoms with Crippen molar-refractivity contribution in [1.29, 1.82) is 0 Å². The van der Waals surface area contributed by atoms with E-state index in [9.17, 15) is 4.79 Å². The summed E-state index contributed by atoms with van der Waals surface area (Å²) in [6, 6.07) is 5.17. The Balaban J connectivity index is 2.92. The molecule has 0 spiro atoms. The molecule has 0 aromatic heterocycles. The summed E-state index contributed by atoms with van der Waals surface area (Å²) in [5, 5.41) is 3.34. The number of halogens is 2. The lowest BCUT2D eigenvalue weighted by atomic mass is 9.86. The van der Waals surface area contributed by atoms with Crippen molar-refractivity contribution in [2.75, 3.05) is 6.54 Å². The van der Waals surface area contributed by atoms with Gasteiger partial charge in [0.1, 0.15) is 0 Å². The fourth-order valence-electron chi connectivity index (χ4n) is 1.54. The highest BCUT2D eigenvalue weighted by Crippen LogP contribution is 2.26. The largest absolute Gasteiger partial charge is 0.347 e. The van der Waals surface area contributed by atoms with Crippen LogP contribution in [-0.4, -0.2) is 18.5 Å². The molecule has 0 saturated heterocycles. The lowest BCUT2D eigenvalue weighted by Gasteiger charge is -2.30. The van der Waals surface area contributed by atoms with Crippen molar-refractivity contribution in [1.82, 2.24) is 5.32 Å². The van der Waals surface area contributed by atoms with Crippen molar-refractivity contribution in [3.63, 3.8) is 0 Å². The van der Waals surface area contributed by atoms with Gasteiger partial charge in [-0.05, 0) is 33.5 Å². The molecule has 3 nitrogen and oxygen atoms in total.